The highest BCUT2D eigenvalue weighted by Gasteiger charge is 2.09. The Bertz CT molecular complexity index is 721. The van der Waals surface area contributed by atoms with Gasteiger partial charge in [-0.15, -0.1) is 0 Å². The topological polar surface area (TPSA) is 94.5 Å². The van der Waals surface area contributed by atoms with Gasteiger partial charge in [-0.25, -0.2) is 9.97 Å². The van der Waals surface area contributed by atoms with Crippen LogP contribution in [0.1, 0.15) is 26.3 Å². The number of rotatable bonds is 4. The zero-order chi connectivity index (χ0) is 14.7. The molecule has 0 radical (unpaired) electrons. The molecule has 6 nitrogen and oxygen atoms in total. The molecule has 102 valence electrons. The first-order chi connectivity index (χ1) is 9.51. The summed E-state index contributed by atoms with van der Waals surface area (Å²) in [6.07, 6.45) is 4.85. The maximum absolute atomic E-state index is 11.3. The van der Waals surface area contributed by atoms with Gasteiger partial charge < -0.3 is 10.3 Å². The lowest BCUT2D eigenvalue weighted by atomic mass is 10.1. The first-order valence-corrected chi connectivity index (χ1v) is 6.24. The SMILES string of the molecule is CC(=O)C(C#N)=Cc1c[nH]c2ncc(NC(C)C)nc12. The Labute approximate surface area is 116 Å². The van der Waals surface area contributed by atoms with Crippen LogP contribution in [-0.4, -0.2) is 26.8 Å². The monoisotopic (exact) mass is 269 g/mol. The molecule has 20 heavy (non-hydrogen) atoms. The highest BCUT2D eigenvalue weighted by molar-refractivity contribution is 6.03. The summed E-state index contributed by atoms with van der Waals surface area (Å²) in [4.78, 5) is 23.0. The number of nitriles is 1. The number of ketones is 1. The van der Waals surface area contributed by atoms with Crippen LogP contribution in [-0.2, 0) is 4.79 Å². The van der Waals surface area contributed by atoms with E-state index in [1.54, 1.807) is 12.4 Å². The number of H-pyrrole nitrogens is 1. The summed E-state index contributed by atoms with van der Waals surface area (Å²) in [6, 6.07) is 2.13. The first-order valence-electron chi connectivity index (χ1n) is 6.24. The Hall–Kier alpha value is -2.68. The van der Waals surface area contributed by atoms with Gasteiger partial charge in [0, 0.05) is 17.8 Å². The fourth-order valence-corrected chi connectivity index (χ4v) is 1.75. The van der Waals surface area contributed by atoms with Crippen molar-refractivity contribution >= 4 is 28.8 Å². The molecule has 0 bridgehead atoms. The number of carbonyl (C=O) groups is 1. The standard InChI is InChI=1S/C14H15N5O/c1-8(2)18-12-7-17-14-13(19-12)11(6-16-14)4-10(5-15)9(3)20/h4,6-8H,1-3H3,(H,16,17)(H,18,19). The van der Waals surface area contributed by atoms with Gasteiger partial charge in [-0.05, 0) is 26.8 Å². The number of anilines is 1. The second kappa shape index (κ2) is 5.53. The van der Waals surface area contributed by atoms with Crippen LogP contribution in [0.25, 0.3) is 17.2 Å². The van der Waals surface area contributed by atoms with Gasteiger partial charge in [-0.1, -0.05) is 0 Å². The van der Waals surface area contributed by atoms with E-state index in [4.69, 9.17) is 5.26 Å². The zero-order valence-corrected chi connectivity index (χ0v) is 11.6. The molecule has 2 aromatic heterocycles. The molecule has 0 aliphatic rings. The largest absolute Gasteiger partial charge is 0.367 e. The fraction of sp³-hybridized carbons (Fsp3) is 0.286. The number of Topliss-reactive ketones (excluding diaryl/α,β-unsaturated/α-hetero) is 1. The molecule has 6 heteroatoms. The Morgan fingerprint density at radius 3 is 2.90 bits per heavy atom. The van der Waals surface area contributed by atoms with Crippen molar-refractivity contribution in [3.63, 3.8) is 0 Å². The van der Waals surface area contributed by atoms with Gasteiger partial charge in [0.05, 0.1) is 11.8 Å². The summed E-state index contributed by atoms with van der Waals surface area (Å²) in [5.41, 5.74) is 2.01. The zero-order valence-electron chi connectivity index (χ0n) is 11.6. The van der Waals surface area contributed by atoms with Crippen molar-refractivity contribution in [2.45, 2.75) is 26.8 Å². The highest BCUT2D eigenvalue weighted by atomic mass is 16.1. The van der Waals surface area contributed by atoms with E-state index in [1.807, 2.05) is 19.9 Å². The predicted molar refractivity (Wildman–Crippen MR) is 76.9 cm³/mol. The first kappa shape index (κ1) is 13.7. The minimum absolute atomic E-state index is 0.0925. The van der Waals surface area contributed by atoms with Crippen LogP contribution in [0.4, 0.5) is 5.82 Å². The summed E-state index contributed by atoms with van der Waals surface area (Å²) in [7, 11) is 0. The van der Waals surface area contributed by atoms with E-state index in [9.17, 15) is 4.79 Å². The van der Waals surface area contributed by atoms with E-state index >= 15 is 0 Å². The number of allylic oxidation sites excluding steroid dienone is 1. The van der Waals surface area contributed by atoms with Gasteiger partial charge in [0.1, 0.15) is 17.4 Å². The van der Waals surface area contributed by atoms with E-state index in [2.05, 4.69) is 20.3 Å². The molecule has 0 aromatic carbocycles. The van der Waals surface area contributed by atoms with Gasteiger partial charge in [0.15, 0.2) is 11.4 Å². The Morgan fingerprint density at radius 1 is 1.55 bits per heavy atom. The van der Waals surface area contributed by atoms with Crippen LogP contribution in [0.2, 0.25) is 0 Å². The van der Waals surface area contributed by atoms with Crippen molar-refractivity contribution in [2.24, 2.45) is 0 Å². The number of fused-ring (bicyclic) bond motifs is 1. The molecule has 0 saturated carbocycles. The van der Waals surface area contributed by atoms with Gasteiger partial charge in [-0.2, -0.15) is 5.26 Å². The van der Waals surface area contributed by atoms with Gasteiger partial charge >= 0.3 is 0 Å². The molecule has 0 aliphatic heterocycles. The van der Waals surface area contributed by atoms with E-state index in [0.717, 1.165) is 0 Å². The lowest BCUT2D eigenvalue weighted by Gasteiger charge is -2.07. The van der Waals surface area contributed by atoms with Crippen LogP contribution in [0, 0.1) is 11.3 Å². The third kappa shape index (κ3) is 2.83. The van der Waals surface area contributed by atoms with E-state index in [1.165, 1.54) is 13.0 Å². The molecular formula is C14H15N5O. The molecular weight excluding hydrogens is 254 g/mol. The van der Waals surface area contributed by atoms with Crippen molar-refractivity contribution in [1.29, 1.82) is 5.26 Å². The maximum atomic E-state index is 11.3. The van der Waals surface area contributed by atoms with Crippen molar-refractivity contribution in [1.82, 2.24) is 15.0 Å². The number of nitrogens with one attached hydrogen (secondary N) is 2. The molecule has 0 atom stereocenters. The number of hydrogen-bond donors (Lipinski definition) is 2. The molecule has 0 unspecified atom stereocenters. The summed E-state index contributed by atoms with van der Waals surface area (Å²) < 4.78 is 0. The number of hydrogen-bond acceptors (Lipinski definition) is 5. The summed E-state index contributed by atoms with van der Waals surface area (Å²) in [5, 5.41) is 12.1. The van der Waals surface area contributed by atoms with Crippen LogP contribution in [0.3, 0.4) is 0 Å². The van der Waals surface area contributed by atoms with Crippen LogP contribution >= 0.6 is 0 Å². The molecule has 0 aliphatic carbocycles. The van der Waals surface area contributed by atoms with Gasteiger partial charge in [-0.3, -0.25) is 4.79 Å². The third-order valence-corrected chi connectivity index (χ3v) is 2.65. The number of carbonyl (C=O) groups excluding carboxylic acids is 1. The minimum atomic E-state index is -0.272. The van der Waals surface area contributed by atoms with Crippen LogP contribution in [0.5, 0.6) is 0 Å². The highest BCUT2D eigenvalue weighted by Crippen LogP contribution is 2.19. The molecule has 0 fully saturated rings. The molecule has 0 saturated heterocycles. The summed E-state index contributed by atoms with van der Waals surface area (Å²) in [5.74, 6) is 0.384. The predicted octanol–water partition coefficient (Wildman–Crippen LogP) is 2.27. The second-order valence-corrected chi connectivity index (χ2v) is 4.72. The quantitative estimate of drug-likeness (QED) is 0.656. The summed E-state index contributed by atoms with van der Waals surface area (Å²) >= 11 is 0. The van der Waals surface area contributed by atoms with Crippen LogP contribution < -0.4 is 5.32 Å². The van der Waals surface area contributed by atoms with Crippen molar-refractivity contribution < 1.29 is 4.79 Å². The lowest BCUT2D eigenvalue weighted by molar-refractivity contribution is -0.113. The number of aromatic nitrogens is 3. The van der Waals surface area contributed by atoms with E-state index in [-0.39, 0.29) is 17.4 Å². The maximum Gasteiger partial charge on any atom is 0.170 e. The Kier molecular flexibility index (Phi) is 3.80. The fourth-order valence-electron chi connectivity index (χ4n) is 1.75. The van der Waals surface area contributed by atoms with Crippen molar-refractivity contribution in [3.05, 3.63) is 23.5 Å². The van der Waals surface area contributed by atoms with Gasteiger partial charge in [0.2, 0.25) is 0 Å². The molecule has 2 rings (SSSR count). The van der Waals surface area contributed by atoms with E-state index < -0.39 is 0 Å². The lowest BCUT2D eigenvalue weighted by Crippen LogP contribution is -2.11. The molecule has 2 heterocycles. The smallest absolute Gasteiger partial charge is 0.170 e. The van der Waals surface area contributed by atoms with Crippen LogP contribution in [0.15, 0.2) is 18.0 Å². The Balaban J connectivity index is 2.50. The normalized spacial score (nSPS) is 11.7. The Morgan fingerprint density at radius 2 is 2.30 bits per heavy atom. The molecule has 0 amide bonds. The molecule has 0 spiro atoms. The minimum Gasteiger partial charge on any atom is -0.367 e. The second-order valence-electron chi connectivity index (χ2n) is 4.72. The van der Waals surface area contributed by atoms with Crippen molar-refractivity contribution in [3.8, 4) is 6.07 Å². The van der Waals surface area contributed by atoms with Crippen molar-refractivity contribution in [2.75, 3.05) is 5.32 Å². The molecule has 2 N–H and O–H groups in total. The average molecular weight is 269 g/mol. The number of nitrogens with zero attached hydrogens (tertiary/aromatic N) is 3. The molecule has 2 aromatic rings. The van der Waals surface area contributed by atoms with Gasteiger partial charge in [0.25, 0.3) is 0 Å². The third-order valence-electron chi connectivity index (χ3n) is 2.65. The van der Waals surface area contributed by atoms with E-state index in [0.29, 0.717) is 22.5 Å². The summed E-state index contributed by atoms with van der Waals surface area (Å²) in [6.45, 7) is 5.38. The average Bonchev–Trinajstić information content (AvgIpc) is 2.77. The number of aromatic amines is 1.